The van der Waals surface area contributed by atoms with E-state index in [9.17, 15) is 14.0 Å². The molecule has 216 valence electrons. The van der Waals surface area contributed by atoms with Gasteiger partial charge in [-0.3, -0.25) is 5.32 Å². The maximum absolute atomic E-state index is 15.0. The van der Waals surface area contributed by atoms with E-state index in [0.717, 1.165) is 25.9 Å². The van der Waals surface area contributed by atoms with Gasteiger partial charge in [0.1, 0.15) is 6.17 Å². The minimum atomic E-state index is -1.24. The van der Waals surface area contributed by atoms with Crippen LogP contribution in [-0.4, -0.2) is 106 Å². The number of urea groups is 1. The van der Waals surface area contributed by atoms with Gasteiger partial charge in [-0.25, -0.2) is 28.9 Å². The third-order valence-electron chi connectivity index (χ3n) is 7.94. The molecule has 2 aromatic heterocycles. The number of carbonyl (C=O) groups is 2. The average Bonchev–Trinajstić information content (AvgIpc) is 3.54. The van der Waals surface area contributed by atoms with E-state index in [0.29, 0.717) is 36.9 Å². The van der Waals surface area contributed by atoms with Crippen molar-refractivity contribution in [1.29, 1.82) is 0 Å². The van der Waals surface area contributed by atoms with Crippen molar-refractivity contribution in [3.05, 3.63) is 24.7 Å². The van der Waals surface area contributed by atoms with Crippen LogP contribution in [0.2, 0.25) is 0 Å². The van der Waals surface area contributed by atoms with Crippen LogP contribution in [0.1, 0.15) is 33.1 Å². The van der Waals surface area contributed by atoms with Gasteiger partial charge >= 0.3 is 12.1 Å². The van der Waals surface area contributed by atoms with Crippen LogP contribution >= 0.6 is 0 Å². The molecule has 2 saturated heterocycles. The highest BCUT2D eigenvalue weighted by Crippen LogP contribution is 2.37. The second kappa shape index (κ2) is 12.1. The molecule has 2 aliphatic heterocycles. The number of alkyl halides is 1. The van der Waals surface area contributed by atoms with Gasteiger partial charge in [-0.1, -0.05) is 6.92 Å². The van der Waals surface area contributed by atoms with Gasteiger partial charge in [0.2, 0.25) is 17.7 Å². The van der Waals surface area contributed by atoms with Gasteiger partial charge in [-0.15, -0.1) is 0 Å². The van der Waals surface area contributed by atoms with Crippen molar-refractivity contribution >= 4 is 23.9 Å². The van der Waals surface area contributed by atoms with Crippen LogP contribution in [0.3, 0.4) is 0 Å². The van der Waals surface area contributed by atoms with Crippen LogP contribution in [-0.2, 0) is 0 Å². The number of aromatic nitrogens is 4. The lowest BCUT2D eigenvalue weighted by Crippen LogP contribution is -2.55. The van der Waals surface area contributed by atoms with Crippen molar-refractivity contribution in [2.75, 3.05) is 50.1 Å². The summed E-state index contributed by atoms with van der Waals surface area (Å²) in [5.74, 6) is 1.42. The highest BCUT2D eigenvalue weighted by molar-refractivity contribution is 5.88. The summed E-state index contributed by atoms with van der Waals surface area (Å²) >= 11 is 0. The highest BCUT2D eigenvalue weighted by atomic mass is 19.1. The van der Waals surface area contributed by atoms with E-state index < -0.39 is 24.3 Å². The van der Waals surface area contributed by atoms with E-state index in [4.69, 9.17) is 9.47 Å². The molecular weight excluding hydrogens is 521 g/mol. The average molecular weight is 558 g/mol. The molecule has 0 spiro atoms. The first-order valence-electron chi connectivity index (χ1n) is 13.8. The Morgan fingerprint density at radius 3 is 2.70 bits per heavy atom. The second-order valence-corrected chi connectivity index (χ2v) is 10.3. The Morgan fingerprint density at radius 2 is 2.00 bits per heavy atom. The summed E-state index contributed by atoms with van der Waals surface area (Å²) in [6, 6.07) is 0.846. The van der Waals surface area contributed by atoms with Crippen LogP contribution in [0, 0.1) is 5.92 Å². The third-order valence-corrected chi connectivity index (χ3v) is 7.94. The SMILES string of the molecule is CCOc1cnc(NC(=O)N(C)[C@H]2CN(c3nccc(OC(=O)N[C@H]4C[C@H]5C[C@@H]4CN5CC)n3)CC[C@H]2F)cn1. The van der Waals surface area contributed by atoms with E-state index in [2.05, 4.69) is 42.4 Å². The summed E-state index contributed by atoms with van der Waals surface area (Å²) in [6.45, 7) is 6.98. The molecule has 5 rings (SSSR count). The van der Waals surface area contributed by atoms with Crippen molar-refractivity contribution in [2.45, 2.75) is 57.4 Å². The summed E-state index contributed by atoms with van der Waals surface area (Å²) < 4.78 is 25.7. The van der Waals surface area contributed by atoms with Gasteiger partial charge in [-0.2, -0.15) is 4.98 Å². The van der Waals surface area contributed by atoms with Crippen molar-refractivity contribution in [3.8, 4) is 11.8 Å². The van der Waals surface area contributed by atoms with Gasteiger partial charge in [-0.05, 0) is 38.6 Å². The molecule has 14 heteroatoms. The largest absolute Gasteiger partial charge is 0.477 e. The fourth-order valence-electron chi connectivity index (χ4n) is 5.83. The highest BCUT2D eigenvalue weighted by Gasteiger charge is 2.44. The van der Waals surface area contributed by atoms with Gasteiger partial charge in [0, 0.05) is 51.0 Å². The number of ether oxygens (including phenoxy) is 2. The van der Waals surface area contributed by atoms with E-state index >= 15 is 0 Å². The number of carbonyl (C=O) groups excluding carboxylic acids is 2. The van der Waals surface area contributed by atoms with Gasteiger partial charge < -0.3 is 29.5 Å². The molecule has 13 nitrogen and oxygen atoms in total. The molecule has 3 aliphatic rings. The maximum atomic E-state index is 15.0. The van der Waals surface area contributed by atoms with E-state index in [1.165, 1.54) is 36.6 Å². The molecule has 3 amide bonds. The normalized spacial score (nSPS) is 25.9. The molecule has 1 saturated carbocycles. The Hall–Kier alpha value is -3.81. The number of halogens is 1. The molecule has 0 radical (unpaired) electrons. The number of hydrogen-bond donors (Lipinski definition) is 2. The molecule has 4 heterocycles. The van der Waals surface area contributed by atoms with Gasteiger partial charge in [0.25, 0.3) is 0 Å². The predicted molar refractivity (Wildman–Crippen MR) is 144 cm³/mol. The van der Waals surface area contributed by atoms with Crippen LogP contribution in [0.25, 0.3) is 0 Å². The molecule has 2 N–H and O–H groups in total. The second-order valence-electron chi connectivity index (χ2n) is 10.3. The fourth-order valence-corrected chi connectivity index (χ4v) is 5.83. The molecule has 2 aromatic rings. The predicted octanol–water partition coefficient (Wildman–Crippen LogP) is 2.32. The number of hydrogen-bond acceptors (Lipinski definition) is 10. The Morgan fingerprint density at radius 1 is 1.15 bits per heavy atom. The lowest BCUT2D eigenvalue weighted by Gasteiger charge is -2.39. The van der Waals surface area contributed by atoms with Crippen molar-refractivity contribution in [3.63, 3.8) is 0 Å². The number of amides is 3. The van der Waals surface area contributed by atoms with E-state index in [-0.39, 0.29) is 30.7 Å². The summed E-state index contributed by atoms with van der Waals surface area (Å²) in [5, 5.41) is 5.63. The number of nitrogens with one attached hydrogen (secondary N) is 2. The molecule has 0 aromatic carbocycles. The van der Waals surface area contributed by atoms with E-state index in [1.54, 1.807) is 4.90 Å². The number of nitrogens with zero attached hydrogens (tertiary/aromatic N) is 7. The summed E-state index contributed by atoms with van der Waals surface area (Å²) in [7, 11) is 1.53. The molecule has 2 bridgehead atoms. The third kappa shape index (κ3) is 6.16. The summed E-state index contributed by atoms with van der Waals surface area (Å²) in [4.78, 5) is 47.9. The first-order chi connectivity index (χ1) is 19.3. The van der Waals surface area contributed by atoms with Crippen LogP contribution in [0.15, 0.2) is 24.7 Å². The standard InChI is InChI=1S/C26H36FN9O4/c1-4-35-14-16-10-17(35)11-19(16)31-26(38)40-22-6-8-28-24(33-22)36-9-7-18(27)20(15-36)34(3)25(37)32-21-12-30-23(13-29-21)39-5-2/h6,8,12-13,16-20H,4-5,7,9-11,14-15H2,1-3H3,(H,31,38)(H,29,32,37)/t16-,17-,18-,19+,20+/m1/s1. The Kier molecular flexibility index (Phi) is 8.43. The number of rotatable bonds is 8. The summed E-state index contributed by atoms with van der Waals surface area (Å²) in [5.41, 5.74) is 0. The minimum Gasteiger partial charge on any atom is -0.477 e. The number of fused-ring (bicyclic) bond motifs is 2. The first kappa shape index (κ1) is 27.7. The Bertz CT molecular complexity index is 1190. The fraction of sp³-hybridized carbons (Fsp3) is 0.615. The smallest absolute Gasteiger partial charge is 0.414 e. The zero-order valence-corrected chi connectivity index (χ0v) is 23.0. The van der Waals surface area contributed by atoms with E-state index in [1.807, 2.05) is 6.92 Å². The number of likely N-dealkylation sites (tertiary alicyclic amines) is 1. The Balaban J connectivity index is 1.16. The molecular formula is C26H36FN9O4. The molecule has 1 aliphatic carbocycles. The maximum Gasteiger partial charge on any atom is 0.414 e. The molecule has 3 fully saturated rings. The molecule has 5 atom stereocenters. The quantitative estimate of drug-likeness (QED) is 0.497. The first-order valence-corrected chi connectivity index (χ1v) is 13.8. The van der Waals surface area contributed by atoms with Crippen LogP contribution < -0.4 is 25.0 Å². The van der Waals surface area contributed by atoms with Gasteiger partial charge in [0.05, 0.1) is 25.0 Å². The van der Waals surface area contributed by atoms with Crippen molar-refractivity contribution < 1.29 is 23.5 Å². The lowest BCUT2D eigenvalue weighted by molar-refractivity contribution is 0.133. The molecule has 0 unspecified atom stereocenters. The Labute approximate surface area is 232 Å². The van der Waals surface area contributed by atoms with Gasteiger partial charge in [0.15, 0.2) is 5.82 Å². The number of likely N-dealkylation sites (N-methyl/N-ethyl adjacent to an activating group) is 1. The van der Waals surface area contributed by atoms with Crippen LogP contribution in [0.5, 0.6) is 11.8 Å². The minimum absolute atomic E-state index is 0.0984. The monoisotopic (exact) mass is 557 g/mol. The number of anilines is 2. The van der Waals surface area contributed by atoms with Crippen molar-refractivity contribution in [1.82, 2.24) is 35.1 Å². The lowest BCUT2D eigenvalue weighted by atomic mass is 10.0. The summed E-state index contributed by atoms with van der Waals surface area (Å²) in [6.07, 6.45) is 4.70. The topological polar surface area (TPSA) is 138 Å². The van der Waals surface area contributed by atoms with Crippen molar-refractivity contribution in [2.24, 2.45) is 5.92 Å². The number of piperidine rings is 2. The van der Waals surface area contributed by atoms with Crippen LogP contribution in [0.4, 0.5) is 25.7 Å². The zero-order chi connectivity index (χ0) is 28.2. The zero-order valence-electron chi connectivity index (χ0n) is 23.0. The molecule has 40 heavy (non-hydrogen) atoms.